The molecule has 2 atom stereocenters. The van der Waals surface area contributed by atoms with E-state index in [0.717, 1.165) is 24.3 Å². The van der Waals surface area contributed by atoms with Crippen LogP contribution in [0.4, 0.5) is 0 Å². The van der Waals surface area contributed by atoms with Gasteiger partial charge >= 0.3 is 5.97 Å². The maximum Gasteiger partial charge on any atom is 0.305 e. The van der Waals surface area contributed by atoms with Crippen LogP contribution in [0.5, 0.6) is 0 Å². The molecule has 5 heteroatoms. The van der Waals surface area contributed by atoms with Crippen LogP contribution in [0, 0.1) is 0 Å². The van der Waals surface area contributed by atoms with Gasteiger partial charge < -0.3 is 15.2 Å². The summed E-state index contributed by atoms with van der Waals surface area (Å²) in [5.41, 5.74) is 0. The highest BCUT2D eigenvalue weighted by Gasteiger charge is 2.22. The number of hydrogen-bond acceptors (Lipinski definition) is 5. The maximum absolute atomic E-state index is 11.2. The number of aliphatic hydroxyl groups is 1. The quantitative estimate of drug-likeness (QED) is 0.540. The Hall–Kier alpha value is -0.910. The molecule has 0 saturated carbocycles. The minimum Gasteiger partial charge on any atom is -0.469 e. The first-order valence-corrected chi connectivity index (χ1v) is 7.58. The fourth-order valence-corrected chi connectivity index (χ4v) is 2.64. The number of unbranched alkanes of at least 4 members (excludes halogenated alkanes) is 1. The highest BCUT2D eigenvalue weighted by molar-refractivity contribution is 7.10. The SMILES string of the molecule is CCCCNC(CCC(=O)OC)C(O)c1cccs1. The fraction of sp³-hybridized carbons (Fsp3) is 0.643. The molecule has 1 rings (SSSR count). The molecule has 0 aliphatic rings. The Balaban J connectivity index is 2.54. The minimum absolute atomic E-state index is 0.107. The lowest BCUT2D eigenvalue weighted by molar-refractivity contribution is -0.141. The summed E-state index contributed by atoms with van der Waals surface area (Å²) in [5, 5.41) is 15.6. The molecule has 0 fully saturated rings. The van der Waals surface area contributed by atoms with Crippen molar-refractivity contribution in [2.75, 3.05) is 13.7 Å². The zero-order valence-corrected chi connectivity index (χ0v) is 12.4. The van der Waals surface area contributed by atoms with Crippen molar-refractivity contribution < 1.29 is 14.6 Å². The summed E-state index contributed by atoms with van der Waals surface area (Å²) >= 11 is 1.53. The summed E-state index contributed by atoms with van der Waals surface area (Å²) in [6, 6.07) is 3.73. The van der Waals surface area contributed by atoms with Crippen molar-refractivity contribution in [2.24, 2.45) is 0 Å². The Kier molecular flexibility index (Phi) is 7.70. The number of esters is 1. The molecule has 0 aliphatic carbocycles. The van der Waals surface area contributed by atoms with Crippen molar-refractivity contribution in [1.29, 1.82) is 0 Å². The number of nitrogens with one attached hydrogen (secondary N) is 1. The lowest BCUT2D eigenvalue weighted by Crippen LogP contribution is -2.36. The van der Waals surface area contributed by atoms with Crippen molar-refractivity contribution in [3.05, 3.63) is 22.4 Å². The second-order valence-electron chi connectivity index (χ2n) is 4.49. The zero-order valence-electron chi connectivity index (χ0n) is 11.6. The molecule has 0 aliphatic heterocycles. The van der Waals surface area contributed by atoms with Gasteiger partial charge in [0.2, 0.25) is 0 Å². The van der Waals surface area contributed by atoms with Crippen LogP contribution in [0.1, 0.15) is 43.6 Å². The maximum atomic E-state index is 11.2. The molecule has 2 N–H and O–H groups in total. The van der Waals surface area contributed by atoms with E-state index in [4.69, 9.17) is 0 Å². The summed E-state index contributed by atoms with van der Waals surface area (Å²) in [6.45, 7) is 2.98. The van der Waals surface area contributed by atoms with Crippen molar-refractivity contribution in [1.82, 2.24) is 5.32 Å². The van der Waals surface area contributed by atoms with Gasteiger partial charge in [-0.15, -0.1) is 11.3 Å². The van der Waals surface area contributed by atoms with E-state index in [2.05, 4.69) is 17.0 Å². The molecule has 0 bridgehead atoms. The number of aliphatic hydroxyl groups excluding tert-OH is 1. The topological polar surface area (TPSA) is 58.6 Å². The van der Waals surface area contributed by atoms with Crippen LogP contribution in [-0.2, 0) is 9.53 Å². The molecule has 1 heterocycles. The Morgan fingerprint density at radius 1 is 1.58 bits per heavy atom. The number of ether oxygens (including phenoxy) is 1. The van der Waals surface area contributed by atoms with Crippen LogP contribution in [0.15, 0.2) is 17.5 Å². The normalized spacial score (nSPS) is 14.1. The van der Waals surface area contributed by atoms with Gasteiger partial charge in [0.25, 0.3) is 0 Å². The van der Waals surface area contributed by atoms with E-state index < -0.39 is 6.10 Å². The summed E-state index contributed by atoms with van der Waals surface area (Å²) in [5.74, 6) is -0.235. The molecule has 0 spiro atoms. The van der Waals surface area contributed by atoms with E-state index >= 15 is 0 Å². The fourth-order valence-electron chi connectivity index (χ4n) is 1.87. The largest absolute Gasteiger partial charge is 0.469 e. The summed E-state index contributed by atoms with van der Waals surface area (Å²) < 4.78 is 4.65. The molecule has 108 valence electrons. The van der Waals surface area contributed by atoms with Crippen molar-refractivity contribution in [3.8, 4) is 0 Å². The molecule has 1 aromatic heterocycles. The Morgan fingerprint density at radius 2 is 2.37 bits per heavy atom. The molecular weight excluding hydrogens is 262 g/mol. The molecule has 1 aromatic rings. The number of rotatable bonds is 9. The second-order valence-corrected chi connectivity index (χ2v) is 5.47. The Labute approximate surface area is 118 Å². The van der Waals surface area contributed by atoms with E-state index in [0.29, 0.717) is 12.8 Å². The van der Waals surface area contributed by atoms with Gasteiger partial charge in [-0.05, 0) is 30.8 Å². The molecule has 0 aromatic carbocycles. The van der Waals surface area contributed by atoms with Crippen LogP contribution >= 0.6 is 11.3 Å². The first kappa shape index (κ1) is 16.1. The van der Waals surface area contributed by atoms with Crippen molar-refractivity contribution in [3.63, 3.8) is 0 Å². The molecule has 0 amide bonds. The monoisotopic (exact) mass is 285 g/mol. The van der Waals surface area contributed by atoms with Crippen molar-refractivity contribution in [2.45, 2.75) is 44.8 Å². The minimum atomic E-state index is -0.568. The van der Waals surface area contributed by atoms with Crippen LogP contribution < -0.4 is 5.32 Å². The average Bonchev–Trinajstić information content (AvgIpc) is 2.95. The van der Waals surface area contributed by atoms with E-state index in [9.17, 15) is 9.90 Å². The number of methoxy groups -OCH3 is 1. The average molecular weight is 285 g/mol. The van der Waals surface area contributed by atoms with Gasteiger partial charge in [0.15, 0.2) is 0 Å². The summed E-state index contributed by atoms with van der Waals surface area (Å²) in [4.78, 5) is 12.2. The van der Waals surface area contributed by atoms with Gasteiger partial charge in [-0.2, -0.15) is 0 Å². The van der Waals surface area contributed by atoms with Gasteiger partial charge in [-0.3, -0.25) is 4.79 Å². The van der Waals surface area contributed by atoms with Gasteiger partial charge in [0.05, 0.1) is 7.11 Å². The molecular formula is C14H23NO3S. The van der Waals surface area contributed by atoms with Gasteiger partial charge in [-0.1, -0.05) is 19.4 Å². The molecule has 2 unspecified atom stereocenters. The standard InChI is InChI=1S/C14H23NO3S/c1-3-4-9-15-11(7-8-13(16)18-2)14(17)12-6-5-10-19-12/h5-6,10-11,14-15,17H,3-4,7-9H2,1-2H3. The zero-order chi connectivity index (χ0) is 14.1. The lowest BCUT2D eigenvalue weighted by Gasteiger charge is -2.23. The predicted molar refractivity (Wildman–Crippen MR) is 77.2 cm³/mol. The first-order valence-electron chi connectivity index (χ1n) is 6.70. The molecule has 0 radical (unpaired) electrons. The van der Waals surface area contributed by atoms with Crippen LogP contribution in [-0.4, -0.2) is 30.8 Å². The van der Waals surface area contributed by atoms with Crippen molar-refractivity contribution >= 4 is 17.3 Å². The van der Waals surface area contributed by atoms with Crippen LogP contribution in [0.25, 0.3) is 0 Å². The highest BCUT2D eigenvalue weighted by atomic mass is 32.1. The first-order chi connectivity index (χ1) is 9.19. The lowest BCUT2D eigenvalue weighted by atomic mass is 10.0. The van der Waals surface area contributed by atoms with Crippen LogP contribution in [0.2, 0.25) is 0 Å². The van der Waals surface area contributed by atoms with Gasteiger partial charge in [0, 0.05) is 17.3 Å². The molecule has 4 nitrogen and oxygen atoms in total. The molecule has 0 saturated heterocycles. The number of hydrogen-bond donors (Lipinski definition) is 2. The Bertz CT molecular complexity index is 354. The third-order valence-electron chi connectivity index (χ3n) is 3.04. The number of thiophene rings is 1. The highest BCUT2D eigenvalue weighted by Crippen LogP contribution is 2.24. The van der Waals surface area contributed by atoms with E-state index in [1.54, 1.807) is 0 Å². The predicted octanol–water partition coefficient (Wildman–Crippen LogP) is 2.49. The number of carbonyl (C=O) groups excluding carboxylic acids is 1. The smallest absolute Gasteiger partial charge is 0.305 e. The number of carbonyl (C=O) groups is 1. The summed E-state index contributed by atoms with van der Waals surface area (Å²) in [6.07, 6.45) is 2.50. The third kappa shape index (κ3) is 5.72. The molecule has 19 heavy (non-hydrogen) atoms. The van der Waals surface area contributed by atoms with E-state index in [1.165, 1.54) is 18.4 Å². The van der Waals surface area contributed by atoms with Gasteiger partial charge in [0.1, 0.15) is 6.10 Å². The second kappa shape index (κ2) is 9.07. The van der Waals surface area contributed by atoms with Crippen LogP contribution in [0.3, 0.4) is 0 Å². The third-order valence-corrected chi connectivity index (χ3v) is 3.98. The van der Waals surface area contributed by atoms with E-state index in [1.807, 2.05) is 17.5 Å². The Morgan fingerprint density at radius 3 is 2.95 bits per heavy atom. The van der Waals surface area contributed by atoms with Gasteiger partial charge in [-0.25, -0.2) is 0 Å². The van der Waals surface area contributed by atoms with E-state index in [-0.39, 0.29) is 12.0 Å². The summed E-state index contributed by atoms with van der Waals surface area (Å²) in [7, 11) is 1.39.